The maximum atomic E-state index is 5.86. The minimum Gasteiger partial charge on any atom is -0.440 e. The van der Waals surface area contributed by atoms with Gasteiger partial charge in [-0.1, -0.05) is 18.5 Å². The Bertz CT molecular complexity index is 452. The Morgan fingerprint density at radius 1 is 1.54 bits per heavy atom. The Balaban J connectivity index is 2.75. The average Bonchev–Trinajstić information content (AvgIpc) is 2.47. The summed E-state index contributed by atoms with van der Waals surface area (Å²) in [6.07, 6.45) is 0.790. The summed E-state index contributed by atoms with van der Waals surface area (Å²) >= 11 is 9.24. The number of benzene rings is 1. The summed E-state index contributed by atoms with van der Waals surface area (Å²) in [5.74, 6) is 0.734. The molecule has 0 bridgehead atoms. The van der Waals surface area contributed by atoms with Gasteiger partial charge in [0.05, 0.1) is 4.47 Å². The van der Waals surface area contributed by atoms with Crippen LogP contribution >= 0.6 is 27.5 Å². The van der Waals surface area contributed by atoms with Crippen molar-refractivity contribution in [1.82, 2.24) is 4.98 Å². The molecule has 1 aromatic carbocycles. The predicted molar refractivity (Wildman–Crippen MR) is 56.1 cm³/mol. The Hall–Kier alpha value is -0.540. The third kappa shape index (κ3) is 1.58. The highest BCUT2D eigenvalue weighted by Gasteiger charge is 2.08. The zero-order valence-electron chi connectivity index (χ0n) is 6.97. The second-order valence-electron chi connectivity index (χ2n) is 2.70. The molecule has 0 unspecified atom stereocenters. The van der Waals surface area contributed by atoms with Gasteiger partial charge in [0.25, 0.3) is 0 Å². The van der Waals surface area contributed by atoms with Crippen LogP contribution in [-0.2, 0) is 6.42 Å². The van der Waals surface area contributed by atoms with Gasteiger partial charge in [-0.3, -0.25) is 0 Å². The van der Waals surface area contributed by atoms with E-state index >= 15 is 0 Å². The van der Waals surface area contributed by atoms with E-state index < -0.39 is 0 Å². The first kappa shape index (κ1) is 9.03. The van der Waals surface area contributed by atoms with Gasteiger partial charge in [0.2, 0.25) is 0 Å². The number of hydrogen-bond acceptors (Lipinski definition) is 2. The summed E-state index contributed by atoms with van der Waals surface area (Å²) in [4.78, 5) is 4.27. The lowest BCUT2D eigenvalue weighted by Crippen LogP contribution is -1.75. The van der Waals surface area contributed by atoms with Gasteiger partial charge >= 0.3 is 0 Å². The average molecular weight is 261 g/mol. The van der Waals surface area contributed by atoms with E-state index in [0.29, 0.717) is 5.02 Å². The Morgan fingerprint density at radius 3 is 3.00 bits per heavy atom. The molecular formula is C9H7BrClNO. The highest BCUT2D eigenvalue weighted by atomic mass is 79.9. The fourth-order valence-corrected chi connectivity index (χ4v) is 2.03. The molecule has 0 aliphatic heterocycles. The van der Waals surface area contributed by atoms with Crippen LogP contribution in [0.15, 0.2) is 21.0 Å². The van der Waals surface area contributed by atoms with E-state index in [9.17, 15) is 0 Å². The Morgan fingerprint density at radius 2 is 2.31 bits per heavy atom. The normalized spacial score (nSPS) is 11.0. The summed E-state index contributed by atoms with van der Waals surface area (Å²) in [6.45, 7) is 2.00. The fourth-order valence-electron chi connectivity index (χ4n) is 1.16. The Labute approximate surface area is 89.0 Å². The van der Waals surface area contributed by atoms with Gasteiger partial charge in [0, 0.05) is 11.4 Å². The number of aryl methyl sites for hydroxylation is 1. The van der Waals surface area contributed by atoms with Crippen LogP contribution in [0, 0.1) is 0 Å². The van der Waals surface area contributed by atoms with Gasteiger partial charge in [0.15, 0.2) is 11.5 Å². The molecule has 1 heterocycles. The predicted octanol–water partition coefficient (Wildman–Crippen LogP) is 3.81. The van der Waals surface area contributed by atoms with E-state index in [-0.39, 0.29) is 0 Å². The van der Waals surface area contributed by atoms with Gasteiger partial charge < -0.3 is 4.42 Å². The molecular weight excluding hydrogens is 253 g/mol. The van der Waals surface area contributed by atoms with E-state index in [1.165, 1.54) is 0 Å². The monoisotopic (exact) mass is 259 g/mol. The highest BCUT2D eigenvalue weighted by Crippen LogP contribution is 2.28. The molecule has 4 heteroatoms. The lowest BCUT2D eigenvalue weighted by Gasteiger charge is -1.91. The topological polar surface area (TPSA) is 26.0 Å². The quantitative estimate of drug-likeness (QED) is 0.779. The first-order valence-electron chi connectivity index (χ1n) is 3.95. The molecule has 2 nitrogen and oxygen atoms in total. The standard InChI is InChI=1S/C9H7BrClNO/c1-2-8-12-7-4-5(11)3-6(10)9(7)13-8/h3-4H,2H2,1H3. The third-order valence-electron chi connectivity index (χ3n) is 1.76. The minimum absolute atomic E-state index is 0.662. The first-order chi connectivity index (χ1) is 6.20. The molecule has 2 rings (SSSR count). The van der Waals surface area contributed by atoms with Gasteiger partial charge in [-0.25, -0.2) is 4.98 Å². The molecule has 0 N–H and O–H groups in total. The lowest BCUT2D eigenvalue weighted by atomic mass is 10.3. The van der Waals surface area contributed by atoms with Crippen molar-refractivity contribution in [3.05, 3.63) is 27.5 Å². The van der Waals surface area contributed by atoms with E-state index in [0.717, 1.165) is 27.9 Å². The molecule has 0 saturated heterocycles. The van der Waals surface area contributed by atoms with Crippen molar-refractivity contribution in [1.29, 1.82) is 0 Å². The molecule has 1 aromatic heterocycles. The van der Waals surface area contributed by atoms with Crippen molar-refractivity contribution in [2.75, 3.05) is 0 Å². The summed E-state index contributed by atoms with van der Waals surface area (Å²) in [7, 11) is 0. The third-order valence-corrected chi connectivity index (χ3v) is 2.56. The molecule has 2 aromatic rings. The van der Waals surface area contributed by atoms with Crippen LogP contribution in [0.2, 0.25) is 5.02 Å². The molecule has 0 radical (unpaired) electrons. The number of aromatic nitrogens is 1. The van der Waals surface area contributed by atoms with Crippen LogP contribution < -0.4 is 0 Å². The van der Waals surface area contributed by atoms with Crippen molar-refractivity contribution in [3.63, 3.8) is 0 Å². The van der Waals surface area contributed by atoms with Crippen LogP contribution in [0.1, 0.15) is 12.8 Å². The lowest BCUT2D eigenvalue weighted by molar-refractivity contribution is 0.537. The number of fused-ring (bicyclic) bond motifs is 1. The molecule has 13 heavy (non-hydrogen) atoms. The van der Waals surface area contributed by atoms with Crippen molar-refractivity contribution >= 4 is 38.6 Å². The fraction of sp³-hybridized carbons (Fsp3) is 0.222. The maximum absolute atomic E-state index is 5.86. The summed E-state index contributed by atoms with van der Waals surface area (Å²) in [5, 5.41) is 0.662. The summed E-state index contributed by atoms with van der Waals surface area (Å²) in [6, 6.07) is 3.60. The molecule has 0 amide bonds. The van der Waals surface area contributed by atoms with Gasteiger partial charge in [-0.05, 0) is 28.1 Å². The van der Waals surface area contributed by atoms with Gasteiger partial charge in [-0.15, -0.1) is 0 Å². The molecule has 0 fully saturated rings. The van der Waals surface area contributed by atoms with E-state index in [1.54, 1.807) is 12.1 Å². The van der Waals surface area contributed by atoms with Crippen LogP contribution in [0.25, 0.3) is 11.1 Å². The zero-order valence-corrected chi connectivity index (χ0v) is 9.32. The number of halogens is 2. The molecule has 0 saturated carbocycles. The number of rotatable bonds is 1. The molecule has 0 aliphatic carbocycles. The van der Waals surface area contributed by atoms with Crippen molar-refractivity contribution < 1.29 is 4.42 Å². The smallest absolute Gasteiger partial charge is 0.195 e. The first-order valence-corrected chi connectivity index (χ1v) is 5.12. The molecule has 0 atom stereocenters. The van der Waals surface area contributed by atoms with Crippen molar-refractivity contribution in [2.24, 2.45) is 0 Å². The van der Waals surface area contributed by atoms with E-state index in [1.807, 2.05) is 6.92 Å². The van der Waals surface area contributed by atoms with Gasteiger partial charge in [0.1, 0.15) is 5.52 Å². The van der Waals surface area contributed by atoms with Crippen molar-refractivity contribution in [3.8, 4) is 0 Å². The van der Waals surface area contributed by atoms with Crippen molar-refractivity contribution in [2.45, 2.75) is 13.3 Å². The number of oxazole rings is 1. The largest absolute Gasteiger partial charge is 0.440 e. The summed E-state index contributed by atoms with van der Waals surface area (Å²) < 4.78 is 6.34. The number of hydrogen-bond donors (Lipinski definition) is 0. The Kier molecular flexibility index (Phi) is 2.30. The second-order valence-corrected chi connectivity index (χ2v) is 3.99. The highest BCUT2D eigenvalue weighted by molar-refractivity contribution is 9.10. The molecule has 68 valence electrons. The van der Waals surface area contributed by atoms with Gasteiger partial charge in [-0.2, -0.15) is 0 Å². The minimum atomic E-state index is 0.662. The zero-order chi connectivity index (χ0) is 9.42. The van der Waals surface area contributed by atoms with E-state index in [4.69, 9.17) is 16.0 Å². The number of nitrogens with zero attached hydrogens (tertiary/aromatic N) is 1. The SMILES string of the molecule is CCc1nc2cc(Cl)cc(Br)c2o1. The maximum Gasteiger partial charge on any atom is 0.195 e. The van der Waals surface area contributed by atoms with Crippen LogP contribution in [0.4, 0.5) is 0 Å². The summed E-state index contributed by atoms with van der Waals surface area (Å²) in [5.41, 5.74) is 1.57. The second kappa shape index (κ2) is 3.31. The van der Waals surface area contributed by atoms with Crippen LogP contribution in [-0.4, -0.2) is 4.98 Å². The van der Waals surface area contributed by atoms with Crippen LogP contribution in [0.3, 0.4) is 0 Å². The molecule has 0 spiro atoms. The van der Waals surface area contributed by atoms with E-state index in [2.05, 4.69) is 20.9 Å². The molecule has 0 aliphatic rings. The van der Waals surface area contributed by atoms with Crippen LogP contribution in [0.5, 0.6) is 0 Å².